The highest BCUT2D eigenvalue weighted by Crippen LogP contribution is 2.35. The standard InChI is InChI=1S/C14H17ClN2O3S3/c1-9-13(18)17(10-5-3-2-4-6-10)14(21-9)16-23(19,20)12-8-7-11(15)22-12/h7-10H,2-6H2,1H3/t9-/m1/s1. The van der Waals surface area contributed by atoms with Crippen molar-refractivity contribution < 1.29 is 13.2 Å². The van der Waals surface area contributed by atoms with E-state index in [9.17, 15) is 13.2 Å². The van der Waals surface area contributed by atoms with Gasteiger partial charge in [-0.3, -0.25) is 9.69 Å². The second-order valence-corrected chi connectivity index (χ2v) is 10.5. The molecule has 23 heavy (non-hydrogen) atoms. The molecule has 1 aliphatic carbocycles. The Morgan fingerprint density at radius 1 is 1.26 bits per heavy atom. The summed E-state index contributed by atoms with van der Waals surface area (Å²) >= 11 is 8.01. The number of hydrogen-bond donors (Lipinski definition) is 0. The molecule has 1 saturated carbocycles. The molecule has 1 saturated heterocycles. The Morgan fingerprint density at radius 2 is 1.96 bits per heavy atom. The number of hydrogen-bond acceptors (Lipinski definition) is 5. The van der Waals surface area contributed by atoms with Crippen LogP contribution in [0.3, 0.4) is 0 Å². The summed E-state index contributed by atoms with van der Waals surface area (Å²) in [5.41, 5.74) is 0. The van der Waals surface area contributed by atoms with Crippen molar-refractivity contribution in [1.29, 1.82) is 0 Å². The molecule has 2 fully saturated rings. The minimum atomic E-state index is -3.83. The Balaban J connectivity index is 1.93. The molecule has 5 nitrogen and oxygen atoms in total. The minimum absolute atomic E-state index is 0.0416. The van der Waals surface area contributed by atoms with Gasteiger partial charge in [-0.05, 0) is 31.9 Å². The molecule has 126 valence electrons. The molecule has 0 aromatic carbocycles. The molecule has 3 rings (SSSR count). The molecule has 0 unspecified atom stereocenters. The number of halogens is 1. The zero-order chi connectivity index (χ0) is 16.6. The molecule has 9 heteroatoms. The van der Waals surface area contributed by atoms with E-state index < -0.39 is 10.0 Å². The lowest BCUT2D eigenvalue weighted by Gasteiger charge is -2.30. The van der Waals surface area contributed by atoms with Crippen LogP contribution in [0.25, 0.3) is 0 Å². The zero-order valence-corrected chi connectivity index (χ0v) is 15.8. The molecule has 2 heterocycles. The molecular formula is C14H17ClN2O3S3. The third kappa shape index (κ3) is 3.60. The summed E-state index contributed by atoms with van der Waals surface area (Å²) < 4.78 is 29.4. The lowest BCUT2D eigenvalue weighted by atomic mass is 9.94. The van der Waals surface area contributed by atoms with Crippen LogP contribution in [-0.2, 0) is 14.8 Å². The van der Waals surface area contributed by atoms with E-state index in [4.69, 9.17) is 11.6 Å². The van der Waals surface area contributed by atoms with Gasteiger partial charge in [-0.15, -0.1) is 15.7 Å². The molecule has 0 radical (unpaired) electrons. The second-order valence-electron chi connectivity index (χ2n) is 5.67. The molecule has 1 aliphatic heterocycles. The highest BCUT2D eigenvalue weighted by atomic mass is 35.5. The fourth-order valence-corrected chi connectivity index (χ4v) is 6.57. The molecule has 1 aromatic heterocycles. The third-order valence-electron chi connectivity index (χ3n) is 4.01. The SMILES string of the molecule is C[C@H]1SC(=NS(=O)(=O)c2ccc(Cl)s2)N(C2CCCCC2)C1=O. The summed E-state index contributed by atoms with van der Waals surface area (Å²) in [5.74, 6) is -0.0416. The maximum absolute atomic E-state index is 12.5. The minimum Gasteiger partial charge on any atom is -0.287 e. The molecule has 0 N–H and O–H groups in total. The smallest absolute Gasteiger partial charge is 0.287 e. The molecular weight excluding hydrogens is 376 g/mol. The molecule has 1 aromatic rings. The van der Waals surface area contributed by atoms with Gasteiger partial charge < -0.3 is 0 Å². The monoisotopic (exact) mass is 392 g/mol. The van der Waals surface area contributed by atoms with Crippen molar-refractivity contribution in [2.24, 2.45) is 4.40 Å². The van der Waals surface area contributed by atoms with Crippen LogP contribution >= 0.6 is 34.7 Å². The normalized spacial score (nSPS) is 25.5. The van der Waals surface area contributed by atoms with Gasteiger partial charge in [-0.2, -0.15) is 8.42 Å². The van der Waals surface area contributed by atoms with E-state index in [1.807, 2.05) is 0 Å². The van der Waals surface area contributed by atoms with Crippen molar-refractivity contribution in [2.75, 3.05) is 0 Å². The van der Waals surface area contributed by atoms with Gasteiger partial charge in [0.2, 0.25) is 5.91 Å². The van der Waals surface area contributed by atoms with Gasteiger partial charge in [0.25, 0.3) is 10.0 Å². The van der Waals surface area contributed by atoms with Crippen LogP contribution in [0.2, 0.25) is 4.34 Å². The van der Waals surface area contributed by atoms with Gasteiger partial charge in [0, 0.05) is 6.04 Å². The number of thiophene rings is 1. The van der Waals surface area contributed by atoms with E-state index in [-0.39, 0.29) is 21.4 Å². The Labute approximate surface area is 149 Å². The summed E-state index contributed by atoms with van der Waals surface area (Å²) in [6.45, 7) is 1.79. The largest absolute Gasteiger partial charge is 0.294 e. The number of thioether (sulfide) groups is 1. The summed E-state index contributed by atoms with van der Waals surface area (Å²) in [7, 11) is -3.83. The number of amides is 1. The lowest BCUT2D eigenvalue weighted by Crippen LogP contribution is -2.42. The van der Waals surface area contributed by atoms with Crippen LogP contribution in [0, 0.1) is 0 Å². The Morgan fingerprint density at radius 3 is 2.57 bits per heavy atom. The first kappa shape index (κ1) is 17.3. The first-order valence-electron chi connectivity index (χ1n) is 7.48. The predicted molar refractivity (Wildman–Crippen MR) is 94.7 cm³/mol. The van der Waals surface area contributed by atoms with E-state index in [0.29, 0.717) is 9.50 Å². The summed E-state index contributed by atoms with van der Waals surface area (Å²) in [6, 6.07) is 3.05. The van der Waals surface area contributed by atoms with Gasteiger partial charge in [0.05, 0.1) is 9.59 Å². The highest BCUT2D eigenvalue weighted by molar-refractivity contribution is 8.16. The first-order chi connectivity index (χ1) is 10.9. The fourth-order valence-electron chi connectivity index (χ4n) is 2.88. The molecule has 2 aliphatic rings. The van der Waals surface area contributed by atoms with E-state index in [1.165, 1.54) is 30.3 Å². The number of carbonyl (C=O) groups excluding carboxylic acids is 1. The third-order valence-corrected chi connectivity index (χ3v) is 8.15. The van der Waals surface area contributed by atoms with Gasteiger partial charge in [0.1, 0.15) is 4.21 Å². The van der Waals surface area contributed by atoms with Crippen LogP contribution < -0.4 is 0 Å². The number of rotatable bonds is 3. The van der Waals surface area contributed by atoms with Gasteiger partial charge in [-0.25, -0.2) is 0 Å². The fraction of sp³-hybridized carbons (Fsp3) is 0.571. The second kappa shape index (κ2) is 6.74. The van der Waals surface area contributed by atoms with Crippen LogP contribution in [0.5, 0.6) is 0 Å². The molecule has 1 amide bonds. The van der Waals surface area contributed by atoms with Crippen molar-refractivity contribution in [3.8, 4) is 0 Å². The van der Waals surface area contributed by atoms with Gasteiger partial charge in [-0.1, -0.05) is 42.6 Å². The summed E-state index contributed by atoms with van der Waals surface area (Å²) in [4.78, 5) is 14.1. The number of nitrogens with zero attached hydrogens (tertiary/aromatic N) is 2. The quantitative estimate of drug-likeness (QED) is 0.785. The van der Waals surface area contributed by atoms with E-state index >= 15 is 0 Å². The molecule has 0 spiro atoms. The van der Waals surface area contributed by atoms with E-state index in [0.717, 1.165) is 37.0 Å². The number of carbonyl (C=O) groups is 1. The van der Waals surface area contributed by atoms with Crippen LogP contribution in [-0.4, -0.2) is 35.7 Å². The average Bonchev–Trinajstić information content (AvgIpc) is 3.05. The maximum atomic E-state index is 12.5. The Kier molecular flexibility index (Phi) is 5.06. The average molecular weight is 393 g/mol. The van der Waals surface area contributed by atoms with E-state index in [2.05, 4.69) is 4.40 Å². The maximum Gasteiger partial charge on any atom is 0.294 e. The Bertz CT molecular complexity index is 738. The lowest BCUT2D eigenvalue weighted by molar-refractivity contribution is -0.127. The van der Waals surface area contributed by atoms with Crippen molar-refractivity contribution in [2.45, 2.75) is 54.5 Å². The first-order valence-corrected chi connectivity index (χ1v) is 11.0. The summed E-state index contributed by atoms with van der Waals surface area (Å²) in [5, 5.41) is 0.0109. The summed E-state index contributed by atoms with van der Waals surface area (Å²) in [6.07, 6.45) is 5.10. The van der Waals surface area contributed by atoms with Crippen molar-refractivity contribution >= 4 is 55.8 Å². The van der Waals surface area contributed by atoms with Crippen LogP contribution in [0.4, 0.5) is 0 Å². The van der Waals surface area contributed by atoms with Crippen molar-refractivity contribution in [3.63, 3.8) is 0 Å². The predicted octanol–water partition coefficient (Wildman–Crippen LogP) is 3.74. The van der Waals surface area contributed by atoms with Crippen LogP contribution in [0.15, 0.2) is 20.7 Å². The zero-order valence-electron chi connectivity index (χ0n) is 12.6. The van der Waals surface area contributed by atoms with Crippen molar-refractivity contribution in [3.05, 3.63) is 16.5 Å². The Hall–Kier alpha value is -0.570. The van der Waals surface area contributed by atoms with Crippen molar-refractivity contribution in [1.82, 2.24) is 4.90 Å². The molecule has 0 bridgehead atoms. The van der Waals surface area contributed by atoms with E-state index in [1.54, 1.807) is 11.8 Å². The number of sulfonamides is 1. The topological polar surface area (TPSA) is 66.8 Å². The van der Waals surface area contributed by atoms with Gasteiger partial charge in [0.15, 0.2) is 5.17 Å². The molecule has 1 atom stereocenters. The number of amidine groups is 1. The van der Waals surface area contributed by atoms with Gasteiger partial charge >= 0.3 is 0 Å². The highest BCUT2D eigenvalue weighted by Gasteiger charge is 2.40. The van der Waals surface area contributed by atoms with Crippen LogP contribution in [0.1, 0.15) is 39.0 Å².